The maximum absolute atomic E-state index is 12.8. The summed E-state index contributed by atoms with van der Waals surface area (Å²) in [5.41, 5.74) is 0.623. The first-order chi connectivity index (χ1) is 13.2. The Morgan fingerprint density at radius 1 is 1.04 bits per heavy atom. The van der Waals surface area contributed by atoms with E-state index in [1.807, 2.05) is 31.2 Å². The Bertz CT molecular complexity index is 730. The zero-order valence-electron chi connectivity index (χ0n) is 17.0. The molecule has 0 bridgehead atoms. The molecule has 0 aromatic heterocycles. The van der Waals surface area contributed by atoms with Crippen LogP contribution >= 0.6 is 11.6 Å². The van der Waals surface area contributed by atoms with E-state index in [4.69, 9.17) is 25.8 Å². The highest BCUT2D eigenvalue weighted by Gasteiger charge is 2.51. The van der Waals surface area contributed by atoms with Gasteiger partial charge in [-0.25, -0.2) is 4.79 Å². The van der Waals surface area contributed by atoms with Crippen LogP contribution in [0.3, 0.4) is 0 Å². The minimum Gasteiger partial charge on any atom is -0.443 e. The topological polar surface area (TPSA) is 48.0 Å². The molecule has 1 aromatic carbocycles. The summed E-state index contributed by atoms with van der Waals surface area (Å²) in [7, 11) is 0. The number of hydrogen-bond donors (Lipinski definition) is 0. The van der Waals surface area contributed by atoms with E-state index in [2.05, 4.69) is 13.8 Å². The Hall–Kier alpha value is -1.30. The van der Waals surface area contributed by atoms with E-state index in [-0.39, 0.29) is 17.6 Å². The lowest BCUT2D eigenvalue weighted by Gasteiger charge is -2.51. The number of hydrogen-bond acceptors (Lipinski definition) is 4. The van der Waals surface area contributed by atoms with Crippen molar-refractivity contribution in [1.29, 1.82) is 0 Å². The van der Waals surface area contributed by atoms with Gasteiger partial charge in [-0.15, -0.1) is 0 Å². The van der Waals surface area contributed by atoms with E-state index in [0.29, 0.717) is 24.8 Å². The van der Waals surface area contributed by atoms with E-state index in [0.717, 1.165) is 37.7 Å². The second-order valence-corrected chi connectivity index (χ2v) is 9.75. The second kappa shape index (κ2) is 7.19. The summed E-state index contributed by atoms with van der Waals surface area (Å²) in [5, 5.41) is 0.678. The molecular weight excluding hydrogens is 378 g/mol. The van der Waals surface area contributed by atoms with E-state index < -0.39 is 11.4 Å². The van der Waals surface area contributed by atoms with Crippen LogP contribution in [0.5, 0.6) is 0 Å². The van der Waals surface area contributed by atoms with Crippen molar-refractivity contribution in [2.75, 3.05) is 19.8 Å². The van der Waals surface area contributed by atoms with Crippen molar-refractivity contribution in [3.05, 3.63) is 34.9 Å². The lowest BCUT2D eigenvalue weighted by molar-refractivity contribution is -0.320. The molecule has 1 aromatic rings. The molecule has 1 atom stereocenters. The number of carbonyl (C=O) groups excluding carboxylic acids is 1. The third-order valence-corrected chi connectivity index (χ3v) is 6.89. The maximum atomic E-state index is 12.8. The average molecular weight is 408 g/mol. The number of nitrogens with zero attached hydrogens (tertiary/aromatic N) is 1. The van der Waals surface area contributed by atoms with Gasteiger partial charge in [0.2, 0.25) is 0 Å². The van der Waals surface area contributed by atoms with E-state index in [1.54, 1.807) is 4.90 Å². The molecule has 0 N–H and O–H groups in total. The van der Waals surface area contributed by atoms with Crippen LogP contribution in [0, 0.1) is 5.41 Å². The standard InChI is InChI=1S/C22H30ClNO4/c1-16(17-6-4-5-7-18(17)23)24-13-12-21(28-19(24)25)8-10-22(11-9-21)26-14-20(2,3)15-27-22/h4-7,16H,8-15H2,1-3H3/t16-/m0/s1. The summed E-state index contributed by atoms with van der Waals surface area (Å²) in [4.78, 5) is 14.6. The molecule has 6 heteroatoms. The van der Waals surface area contributed by atoms with Crippen molar-refractivity contribution in [2.45, 2.75) is 70.3 Å². The highest BCUT2D eigenvalue weighted by Crippen LogP contribution is 2.47. The fourth-order valence-electron chi connectivity index (χ4n) is 4.51. The van der Waals surface area contributed by atoms with E-state index in [9.17, 15) is 4.79 Å². The van der Waals surface area contributed by atoms with Crippen molar-refractivity contribution in [2.24, 2.45) is 5.41 Å². The highest BCUT2D eigenvalue weighted by molar-refractivity contribution is 6.31. The second-order valence-electron chi connectivity index (χ2n) is 9.34. The summed E-state index contributed by atoms with van der Waals surface area (Å²) in [6, 6.07) is 7.56. The molecule has 0 radical (unpaired) electrons. The fraction of sp³-hybridized carbons (Fsp3) is 0.682. The number of amides is 1. The Morgan fingerprint density at radius 2 is 1.68 bits per heavy atom. The monoisotopic (exact) mass is 407 g/mol. The van der Waals surface area contributed by atoms with Gasteiger partial charge in [0, 0.05) is 36.2 Å². The molecule has 28 heavy (non-hydrogen) atoms. The third-order valence-electron chi connectivity index (χ3n) is 6.54. The Kier molecular flexibility index (Phi) is 5.13. The van der Waals surface area contributed by atoms with Crippen LogP contribution in [-0.4, -0.2) is 42.1 Å². The predicted octanol–water partition coefficient (Wildman–Crippen LogP) is 5.33. The van der Waals surface area contributed by atoms with Crippen LogP contribution in [-0.2, 0) is 14.2 Å². The molecule has 154 valence electrons. The molecule has 5 nitrogen and oxygen atoms in total. The fourth-order valence-corrected chi connectivity index (χ4v) is 4.80. The molecule has 4 rings (SSSR count). The van der Waals surface area contributed by atoms with Gasteiger partial charge in [0.15, 0.2) is 5.79 Å². The van der Waals surface area contributed by atoms with Crippen LogP contribution in [0.1, 0.15) is 64.5 Å². The predicted molar refractivity (Wildman–Crippen MR) is 107 cm³/mol. The number of rotatable bonds is 2. The number of ether oxygens (including phenoxy) is 3. The largest absolute Gasteiger partial charge is 0.443 e. The zero-order valence-corrected chi connectivity index (χ0v) is 17.8. The quantitative estimate of drug-likeness (QED) is 0.665. The SMILES string of the molecule is C[C@@H](c1ccccc1Cl)N1CCC2(CCC3(CC2)OCC(C)(C)CO3)OC1=O. The molecule has 0 unspecified atom stereocenters. The molecule has 3 fully saturated rings. The smallest absolute Gasteiger partial charge is 0.410 e. The first-order valence-electron chi connectivity index (χ1n) is 10.3. The number of benzene rings is 1. The lowest BCUT2D eigenvalue weighted by Crippen LogP contribution is -2.56. The first-order valence-corrected chi connectivity index (χ1v) is 10.6. The van der Waals surface area contributed by atoms with Gasteiger partial charge in [0.25, 0.3) is 0 Å². The average Bonchev–Trinajstić information content (AvgIpc) is 2.67. The Morgan fingerprint density at radius 3 is 2.29 bits per heavy atom. The van der Waals surface area contributed by atoms with Crippen LogP contribution in [0.2, 0.25) is 5.02 Å². The molecule has 1 amide bonds. The number of halogens is 1. The van der Waals surface area contributed by atoms with Gasteiger partial charge in [-0.2, -0.15) is 0 Å². The molecular formula is C22H30ClNO4. The molecule has 1 aliphatic carbocycles. The summed E-state index contributed by atoms with van der Waals surface area (Å²) in [6.45, 7) is 8.41. The Balaban J connectivity index is 1.38. The van der Waals surface area contributed by atoms with Crippen molar-refractivity contribution < 1.29 is 19.0 Å². The maximum Gasteiger partial charge on any atom is 0.410 e. The normalized spacial score (nSPS) is 26.9. The summed E-state index contributed by atoms with van der Waals surface area (Å²) in [5.74, 6) is -0.491. The lowest BCUT2D eigenvalue weighted by atomic mass is 9.77. The van der Waals surface area contributed by atoms with Crippen LogP contribution in [0.15, 0.2) is 24.3 Å². The van der Waals surface area contributed by atoms with Crippen molar-refractivity contribution >= 4 is 17.7 Å². The van der Waals surface area contributed by atoms with Gasteiger partial charge in [-0.1, -0.05) is 43.6 Å². The molecule has 1 saturated carbocycles. The first kappa shape index (κ1) is 20.0. The van der Waals surface area contributed by atoms with Gasteiger partial charge < -0.3 is 19.1 Å². The van der Waals surface area contributed by atoms with Gasteiger partial charge >= 0.3 is 6.09 Å². The van der Waals surface area contributed by atoms with Crippen LogP contribution < -0.4 is 0 Å². The highest BCUT2D eigenvalue weighted by atomic mass is 35.5. The number of carbonyl (C=O) groups is 1. The van der Waals surface area contributed by atoms with Crippen molar-refractivity contribution in [3.63, 3.8) is 0 Å². The minimum atomic E-state index is -0.491. The van der Waals surface area contributed by atoms with E-state index >= 15 is 0 Å². The molecule has 3 aliphatic rings. The summed E-state index contributed by atoms with van der Waals surface area (Å²) < 4.78 is 18.3. The van der Waals surface area contributed by atoms with Gasteiger partial charge in [-0.3, -0.25) is 0 Å². The van der Waals surface area contributed by atoms with Crippen molar-refractivity contribution in [1.82, 2.24) is 4.90 Å². The minimum absolute atomic E-state index is 0.0625. The molecule has 2 spiro atoms. The van der Waals surface area contributed by atoms with Gasteiger partial charge in [-0.05, 0) is 31.4 Å². The van der Waals surface area contributed by atoms with Crippen LogP contribution in [0.4, 0.5) is 4.79 Å². The molecule has 2 saturated heterocycles. The van der Waals surface area contributed by atoms with Gasteiger partial charge in [0.05, 0.1) is 19.3 Å². The van der Waals surface area contributed by atoms with E-state index in [1.165, 1.54) is 0 Å². The molecule has 2 heterocycles. The third kappa shape index (κ3) is 3.77. The summed E-state index contributed by atoms with van der Waals surface area (Å²) >= 11 is 6.32. The summed E-state index contributed by atoms with van der Waals surface area (Å²) in [6.07, 6.45) is 3.70. The van der Waals surface area contributed by atoms with Crippen LogP contribution in [0.25, 0.3) is 0 Å². The van der Waals surface area contributed by atoms with Gasteiger partial charge in [0.1, 0.15) is 5.60 Å². The van der Waals surface area contributed by atoms with Crippen molar-refractivity contribution in [3.8, 4) is 0 Å². The zero-order chi connectivity index (χ0) is 20.0. The molecule has 2 aliphatic heterocycles. The Labute approximate surface area is 172 Å².